The first-order valence-corrected chi connectivity index (χ1v) is 6.30. The van der Waals surface area contributed by atoms with Crippen LogP contribution in [0.1, 0.15) is 18.5 Å². The van der Waals surface area contributed by atoms with Crippen LogP contribution in [-0.4, -0.2) is 48.9 Å². The lowest BCUT2D eigenvalue weighted by molar-refractivity contribution is -0.0259. The smallest absolute Gasteiger partial charge is 0.407 e. The Labute approximate surface area is 114 Å². The summed E-state index contributed by atoms with van der Waals surface area (Å²) in [5.74, 6) is 0.345. The number of hydrogen-bond donors (Lipinski definition) is 3. The number of fused-ring (bicyclic) bond motifs is 1. The summed E-state index contributed by atoms with van der Waals surface area (Å²) < 4.78 is 1.57. The lowest BCUT2D eigenvalue weighted by Crippen LogP contribution is -2.45. The van der Waals surface area contributed by atoms with Gasteiger partial charge in [-0.25, -0.2) is 14.3 Å². The van der Waals surface area contributed by atoms with E-state index in [2.05, 4.69) is 10.1 Å². The van der Waals surface area contributed by atoms with E-state index < -0.39 is 11.7 Å². The molecule has 8 heteroatoms. The van der Waals surface area contributed by atoms with Crippen molar-refractivity contribution < 1.29 is 15.0 Å². The third-order valence-electron chi connectivity index (χ3n) is 3.82. The van der Waals surface area contributed by atoms with E-state index in [4.69, 9.17) is 10.8 Å². The molecule has 0 saturated carbocycles. The van der Waals surface area contributed by atoms with Crippen molar-refractivity contribution in [3.05, 3.63) is 24.2 Å². The van der Waals surface area contributed by atoms with Gasteiger partial charge in [0.15, 0.2) is 5.82 Å². The van der Waals surface area contributed by atoms with Crippen molar-refractivity contribution >= 4 is 17.4 Å². The highest BCUT2D eigenvalue weighted by Gasteiger charge is 2.37. The van der Waals surface area contributed by atoms with E-state index in [-0.39, 0.29) is 0 Å². The Hall–Kier alpha value is -2.35. The van der Waals surface area contributed by atoms with Crippen LogP contribution in [0.25, 0.3) is 5.52 Å². The van der Waals surface area contributed by atoms with E-state index in [0.717, 1.165) is 0 Å². The topological polar surface area (TPSA) is 117 Å². The van der Waals surface area contributed by atoms with Crippen molar-refractivity contribution in [2.24, 2.45) is 0 Å². The second kappa shape index (κ2) is 4.34. The maximum atomic E-state index is 10.9. The number of nitrogens with zero attached hydrogens (tertiary/aromatic N) is 4. The van der Waals surface area contributed by atoms with Crippen LogP contribution >= 0.6 is 0 Å². The van der Waals surface area contributed by atoms with Gasteiger partial charge in [0.2, 0.25) is 0 Å². The summed E-state index contributed by atoms with van der Waals surface area (Å²) in [7, 11) is 0. The normalized spacial score (nSPS) is 18.4. The molecule has 0 unspecified atom stereocenters. The highest BCUT2D eigenvalue weighted by Crippen LogP contribution is 2.34. The lowest BCUT2D eigenvalue weighted by atomic mass is 9.88. The minimum absolute atomic E-state index is 0.291. The van der Waals surface area contributed by atoms with Crippen LogP contribution < -0.4 is 5.73 Å². The summed E-state index contributed by atoms with van der Waals surface area (Å²) in [5.41, 5.74) is 5.92. The zero-order valence-corrected chi connectivity index (χ0v) is 10.7. The Balaban J connectivity index is 1.95. The molecule has 0 radical (unpaired) electrons. The van der Waals surface area contributed by atoms with Crippen LogP contribution in [0.4, 0.5) is 10.6 Å². The summed E-state index contributed by atoms with van der Waals surface area (Å²) in [5, 5.41) is 23.8. The van der Waals surface area contributed by atoms with Crippen molar-refractivity contribution in [1.29, 1.82) is 0 Å². The average molecular weight is 277 g/mol. The molecular formula is C12H15N5O3. The van der Waals surface area contributed by atoms with Crippen molar-refractivity contribution in [2.45, 2.75) is 18.4 Å². The van der Waals surface area contributed by atoms with Gasteiger partial charge in [0.1, 0.15) is 17.4 Å². The summed E-state index contributed by atoms with van der Waals surface area (Å²) in [6.07, 6.45) is 1.03. The lowest BCUT2D eigenvalue weighted by Gasteiger charge is -2.36. The number of aromatic nitrogens is 3. The van der Waals surface area contributed by atoms with Crippen LogP contribution in [0, 0.1) is 0 Å². The maximum absolute atomic E-state index is 10.9. The number of nitrogen functional groups attached to an aromatic ring is 1. The zero-order chi connectivity index (χ0) is 14.3. The first kappa shape index (κ1) is 12.7. The van der Waals surface area contributed by atoms with Crippen LogP contribution in [-0.2, 0) is 5.60 Å². The molecule has 1 amide bonds. The van der Waals surface area contributed by atoms with Crippen LogP contribution in [0.15, 0.2) is 18.5 Å². The molecule has 106 valence electrons. The summed E-state index contributed by atoms with van der Waals surface area (Å²) in [4.78, 5) is 16.1. The number of nitrogens with two attached hydrogens (primary N) is 1. The highest BCUT2D eigenvalue weighted by atomic mass is 16.4. The molecule has 0 bridgehead atoms. The monoisotopic (exact) mass is 277 g/mol. The molecule has 1 aliphatic rings. The summed E-state index contributed by atoms with van der Waals surface area (Å²) >= 11 is 0. The van der Waals surface area contributed by atoms with E-state index in [0.29, 0.717) is 43.0 Å². The Morgan fingerprint density at radius 2 is 2.05 bits per heavy atom. The molecule has 1 fully saturated rings. The number of amides is 1. The van der Waals surface area contributed by atoms with Crippen molar-refractivity contribution in [2.75, 3.05) is 18.8 Å². The van der Waals surface area contributed by atoms with Crippen molar-refractivity contribution in [3.63, 3.8) is 0 Å². The fourth-order valence-corrected chi connectivity index (χ4v) is 2.63. The predicted octanol–water partition coefficient (Wildman–Crippen LogP) is 0.273. The molecule has 2 aromatic rings. The molecule has 20 heavy (non-hydrogen) atoms. The number of hydrogen-bond acceptors (Lipinski definition) is 5. The van der Waals surface area contributed by atoms with E-state index in [1.165, 1.54) is 11.2 Å². The number of carbonyl (C=O) groups is 1. The number of likely N-dealkylation sites (tertiary alicyclic amines) is 1. The summed E-state index contributed by atoms with van der Waals surface area (Å²) in [6.45, 7) is 0.583. The van der Waals surface area contributed by atoms with Gasteiger partial charge < -0.3 is 20.8 Å². The third kappa shape index (κ3) is 1.85. The Bertz CT molecular complexity index is 660. The fourth-order valence-electron chi connectivity index (χ4n) is 2.63. The number of anilines is 1. The van der Waals surface area contributed by atoms with Crippen molar-refractivity contribution in [3.8, 4) is 0 Å². The Morgan fingerprint density at radius 1 is 1.35 bits per heavy atom. The molecule has 0 aromatic carbocycles. The molecule has 8 nitrogen and oxygen atoms in total. The molecule has 3 heterocycles. The predicted molar refractivity (Wildman–Crippen MR) is 70.1 cm³/mol. The van der Waals surface area contributed by atoms with Gasteiger partial charge in [0.05, 0.1) is 5.69 Å². The number of rotatable bonds is 1. The standard InChI is InChI=1S/C12H15N5O3/c13-10-8-1-2-9(17(8)15-7-14-10)12(20)3-5-16(6-4-12)11(18)19/h1-2,7,20H,3-6H2,(H,18,19)(H2,13,14,15). The molecule has 0 aliphatic carbocycles. The van der Waals surface area contributed by atoms with Crippen LogP contribution in [0.5, 0.6) is 0 Å². The largest absolute Gasteiger partial charge is 0.465 e. The second-order valence-corrected chi connectivity index (χ2v) is 4.96. The van der Waals surface area contributed by atoms with Gasteiger partial charge >= 0.3 is 6.09 Å². The SMILES string of the molecule is Nc1ncnn2c(C3(O)CCN(C(=O)O)CC3)ccc12. The minimum Gasteiger partial charge on any atom is -0.465 e. The number of piperidine rings is 1. The molecule has 3 rings (SSSR count). The molecule has 1 saturated heterocycles. The number of carboxylic acid groups (broad SMARTS) is 1. The molecular weight excluding hydrogens is 262 g/mol. The van der Waals surface area contributed by atoms with Gasteiger partial charge in [-0.05, 0) is 25.0 Å². The van der Waals surface area contributed by atoms with Gasteiger partial charge in [-0.2, -0.15) is 5.10 Å². The van der Waals surface area contributed by atoms with Crippen LogP contribution in [0.3, 0.4) is 0 Å². The van der Waals surface area contributed by atoms with Crippen molar-refractivity contribution in [1.82, 2.24) is 19.5 Å². The minimum atomic E-state index is -1.10. The zero-order valence-electron chi connectivity index (χ0n) is 10.7. The molecule has 0 atom stereocenters. The molecule has 0 spiro atoms. The second-order valence-electron chi connectivity index (χ2n) is 4.96. The van der Waals surface area contributed by atoms with E-state index in [1.54, 1.807) is 16.6 Å². The van der Waals surface area contributed by atoms with Gasteiger partial charge in [-0.1, -0.05) is 0 Å². The quantitative estimate of drug-likeness (QED) is 0.689. The summed E-state index contributed by atoms with van der Waals surface area (Å²) in [6, 6.07) is 3.52. The molecule has 2 aromatic heterocycles. The third-order valence-corrected chi connectivity index (χ3v) is 3.82. The first-order chi connectivity index (χ1) is 9.51. The van der Waals surface area contributed by atoms with E-state index >= 15 is 0 Å². The van der Waals surface area contributed by atoms with Gasteiger partial charge in [0.25, 0.3) is 0 Å². The van der Waals surface area contributed by atoms with E-state index in [1.807, 2.05) is 0 Å². The van der Waals surface area contributed by atoms with Gasteiger partial charge in [-0.3, -0.25) is 0 Å². The average Bonchev–Trinajstić information content (AvgIpc) is 2.85. The molecule has 4 N–H and O–H groups in total. The Morgan fingerprint density at radius 3 is 2.70 bits per heavy atom. The first-order valence-electron chi connectivity index (χ1n) is 6.30. The van der Waals surface area contributed by atoms with Gasteiger partial charge in [-0.15, -0.1) is 0 Å². The molecule has 1 aliphatic heterocycles. The Kier molecular flexibility index (Phi) is 2.75. The fraction of sp³-hybridized carbons (Fsp3) is 0.417. The van der Waals surface area contributed by atoms with Gasteiger partial charge in [0, 0.05) is 13.1 Å². The van der Waals surface area contributed by atoms with E-state index in [9.17, 15) is 9.90 Å². The highest BCUT2D eigenvalue weighted by molar-refractivity contribution is 5.66. The maximum Gasteiger partial charge on any atom is 0.407 e. The number of aliphatic hydroxyl groups is 1. The van der Waals surface area contributed by atoms with Crippen LogP contribution in [0.2, 0.25) is 0 Å².